The molecule has 0 fully saturated rings. The summed E-state index contributed by atoms with van der Waals surface area (Å²) in [6, 6.07) is 5.12. The van der Waals surface area contributed by atoms with Crippen molar-refractivity contribution >= 4 is 33.4 Å². The molecule has 2 aromatic rings. The van der Waals surface area contributed by atoms with Crippen molar-refractivity contribution in [3.8, 4) is 12.3 Å². The van der Waals surface area contributed by atoms with Crippen LogP contribution < -0.4 is 4.80 Å². The van der Waals surface area contributed by atoms with Gasteiger partial charge in [0.1, 0.15) is 19.5 Å². The summed E-state index contributed by atoms with van der Waals surface area (Å²) in [4.78, 5) is 28.7. The molecule has 26 heavy (non-hydrogen) atoms. The van der Waals surface area contributed by atoms with Gasteiger partial charge in [-0.3, -0.25) is 4.79 Å². The summed E-state index contributed by atoms with van der Waals surface area (Å²) in [5, 5.41) is 0. The minimum Gasteiger partial charge on any atom is -0.494 e. The van der Waals surface area contributed by atoms with E-state index in [0.717, 1.165) is 10.2 Å². The van der Waals surface area contributed by atoms with Gasteiger partial charge in [-0.15, -0.1) is 6.42 Å². The number of nitrogens with zero attached hydrogens (tertiary/aromatic N) is 2. The Morgan fingerprint density at radius 2 is 2.27 bits per heavy atom. The molecule has 1 aliphatic rings. The zero-order valence-corrected chi connectivity index (χ0v) is 14.9. The van der Waals surface area contributed by atoms with E-state index in [1.54, 1.807) is 29.7 Å². The van der Waals surface area contributed by atoms with Crippen LogP contribution >= 0.6 is 11.3 Å². The van der Waals surface area contributed by atoms with E-state index in [1.165, 1.54) is 17.6 Å². The van der Waals surface area contributed by atoms with Crippen molar-refractivity contribution in [3.05, 3.63) is 40.6 Å². The lowest BCUT2D eigenvalue weighted by molar-refractivity contribution is -0.119. The van der Waals surface area contributed by atoms with Gasteiger partial charge in [-0.25, -0.2) is 4.79 Å². The maximum absolute atomic E-state index is 12.3. The first-order valence-corrected chi connectivity index (χ1v) is 8.73. The number of hydrogen-bond donors (Lipinski definition) is 0. The van der Waals surface area contributed by atoms with Crippen molar-refractivity contribution < 1.29 is 23.8 Å². The van der Waals surface area contributed by atoms with Crippen LogP contribution in [0.5, 0.6) is 0 Å². The second-order valence-electron chi connectivity index (χ2n) is 5.20. The van der Waals surface area contributed by atoms with Gasteiger partial charge in [0.25, 0.3) is 0 Å². The Bertz CT molecular complexity index is 993. The number of amides is 1. The molecular weight excluding hydrogens is 356 g/mol. The molecule has 3 rings (SSSR count). The highest BCUT2D eigenvalue weighted by atomic mass is 32.1. The fourth-order valence-corrected chi connectivity index (χ4v) is 3.43. The predicted octanol–water partition coefficient (Wildman–Crippen LogP) is 1.83. The first-order valence-electron chi connectivity index (χ1n) is 7.91. The third-order valence-electron chi connectivity index (χ3n) is 3.50. The third-order valence-corrected chi connectivity index (χ3v) is 4.54. The topological polar surface area (TPSA) is 79.1 Å². The average molecular weight is 372 g/mol. The van der Waals surface area contributed by atoms with Gasteiger partial charge < -0.3 is 18.8 Å². The Morgan fingerprint density at radius 1 is 1.42 bits per heavy atom. The average Bonchev–Trinajstić information content (AvgIpc) is 2.99. The Morgan fingerprint density at radius 3 is 2.96 bits per heavy atom. The fourth-order valence-electron chi connectivity index (χ4n) is 2.37. The van der Waals surface area contributed by atoms with E-state index >= 15 is 0 Å². The smallest absolute Gasteiger partial charge is 0.338 e. The van der Waals surface area contributed by atoms with E-state index < -0.39 is 11.9 Å². The number of aromatic nitrogens is 1. The molecule has 0 radical (unpaired) electrons. The number of ether oxygens (including phenoxy) is 3. The second-order valence-corrected chi connectivity index (χ2v) is 6.21. The number of hydrogen-bond acceptors (Lipinski definition) is 6. The molecule has 1 amide bonds. The molecule has 7 nitrogen and oxygen atoms in total. The highest BCUT2D eigenvalue weighted by Crippen LogP contribution is 2.20. The lowest BCUT2D eigenvalue weighted by Crippen LogP contribution is -2.19. The molecule has 0 atom stereocenters. The fraction of sp³-hybridized carbons (Fsp3) is 0.278. The first-order chi connectivity index (χ1) is 12.6. The van der Waals surface area contributed by atoms with Gasteiger partial charge in [-0.05, 0) is 25.1 Å². The van der Waals surface area contributed by atoms with Crippen molar-refractivity contribution in [2.24, 2.45) is 4.99 Å². The summed E-state index contributed by atoms with van der Waals surface area (Å²) >= 11 is 1.25. The zero-order valence-electron chi connectivity index (χ0n) is 14.1. The van der Waals surface area contributed by atoms with Gasteiger partial charge in [0, 0.05) is 0 Å². The minimum absolute atomic E-state index is 0.0492. The number of rotatable bonds is 4. The number of benzene rings is 1. The summed E-state index contributed by atoms with van der Waals surface area (Å²) < 4.78 is 17.9. The molecule has 2 heterocycles. The van der Waals surface area contributed by atoms with Crippen molar-refractivity contribution in [1.29, 1.82) is 0 Å². The second kappa shape index (κ2) is 7.89. The lowest BCUT2D eigenvalue weighted by atomic mass is 10.2. The zero-order chi connectivity index (χ0) is 18.5. The molecular formula is C18H16N2O5S. The minimum atomic E-state index is -0.548. The molecule has 134 valence electrons. The number of carbonyl (C=O) groups is 2. The highest BCUT2D eigenvalue weighted by molar-refractivity contribution is 7.16. The van der Waals surface area contributed by atoms with Crippen LogP contribution in [-0.2, 0) is 25.5 Å². The molecule has 0 spiro atoms. The monoisotopic (exact) mass is 372 g/mol. The first kappa shape index (κ1) is 17.8. The van der Waals surface area contributed by atoms with Crippen molar-refractivity contribution in [3.63, 3.8) is 0 Å². The van der Waals surface area contributed by atoms with Gasteiger partial charge in [0.15, 0.2) is 4.80 Å². The largest absolute Gasteiger partial charge is 0.494 e. The Labute approximate surface area is 153 Å². The molecule has 0 bridgehead atoms. The van der Waals surface area contributed by atoms with Gasteiger partial charge in [-0.2, -0.15) is 4.99 Å². The number of carbonyl (C=O) groups excluding carboxylic acids is 2. The summed E-state index contributed by atoms with van der Waals surface area (Å²) in [5.41, 5.74) is 1.21. The number of terminal acetylenes is 1. The maximum Gasteiger partial charge on any atom is 0.338 e. The van der Waals surface area contributed by atoms with Crippen molar-refractivity contribution in [2.45, 2.75) is 13.5 Å². The van der Waals surface area contributed by atoms with Gasteiger partial charge in [0.2, 0.25) is 5.76 Å². The van der Waals surface area contributed by atoms with Crippen LogP contribution in [0.4, 0.5) is 0 Å². The Balaban J connectivity index is 2.06. The molecule has 8 heteroatoms. The van der Waals surface area contributed by atoms with Crippen molar-refractivity contribution in [2.75, 3.05) is 19.8 Å². The van der Waals surface area contributed by atoms with Crippen LogP contribution in [-0.4, -0.2) is 36.3 Å². The molecule has 1 aromatic carbocycles. The molecule has 0 aliphatic carbocycles. The number of esters is 1. The van der Waals surface area contributed by atoms with E-state index in [-0.39, 0.29) is 12.3 Å². The predicted molar refractivity (Wildman–Crippen MR) is 95.2 cm³/mol. The Kier molecular flexibility index (Phi) is 5.39. The van der Waals surface area contributed by atoms with Crippen LogP contribution in [0.2, 0.25) is 0 Å². The van der Waals surface area contributed by atoms with Gasteiger partial charge in [-0.1, -0.05) is 17.3 Å². The van der Waals surface area contributed by atoms with Crippen LogP contribution in [0.3, 0.4) is 0 Å². The molecule has 0 saturated carbocycles. The quantitative estimate of drug-likeness (QED) is 0.604. The van der Waals surface area contributed by atoms with E-state index in [9.17, 15) is 9.59 Å². The summed E-state index contributed by atoms with van der Waals surface area (Å²) in [7, 11) is 0. The van der Waals surface area contributed by atoms with Crippen LogP contribution in [0, 0.1) is 12.3 Å². The lowest BCUT2D eigenvalue weighted by Gasteiger charge is -2.12. The molecule has 1 aliphatic heterocycles. The van der Waals surface area contributed by atoms with E-state index in [0.29, 0.717) is 30.2 Å². The summed E-state index contributed by atoms with van der Waals surface area (Å²) in [6.45, 7) is 2.98. The molecule has 0 saturated heterocycles. The maximum atomic E-state index is 12.3. The van der Waals surface area contributed by atoms with Crippen LogP contribution in [0.25, 0.3) is 10.2 Å². The normalized spacial score (nSPS) is 14.2. The van der Waals surface area contributed by atoms with Crippen molar-refractivity contribution in [1.82, 2.24) is 4.57 Å². The number of fused-ring (bicyclic) bond motifs is 1. The molecule has 0 unspecified atom stereocenters. The third kappa shape index (κ3) is 3.63. The van der Waals surface area contributed by atoms with E-state index in [2.05, 4.69) is 10.9 Å². The number of thiazole rings is 1. The van der Waals surface area contributed by atoms with Gasteiger partial charge >= 0.3 is 11.9 Å². The van der Waals surface area contributed by atoms with Gasteiger partial charge in [0.05, 0.1) is 28.9 Å². The van der Waals surface area contributed by atoms with E-state index in [4.69, 9.17) is 20.6 Å². The molecule has 0 N–H and O–H groups in total. The molecule has 1 aromatic heterocycles. The van der Waals surface area contributed by atoms with Crippen LogP contribution in [0.15, 0.2) is 35.2 Å². The summed E-state index contributed by atoms with van der Waals surface area (Å²) in [5.74, 6) is 1.65. The highest BCUT2D eigenvalue weighted by Gasteiger charge is 2.16. The van der Waals surface area contributed by atoms with Crippen LogP contribution in [0.1, 0.15) is 17.3 Å². The summed E-state index contributed by atoms with van der Waals surface area (Å²) in [6.07, 6.45) is 6.70. The van der Waals surface area contributed by atoms with E-state index in [1.807, 2.05) is 0 Å². The SMILES string of the molecule is C#CCn1c(=NC(=O)C2=COCCO2)sc2cc(C(=O)OCC)ccc21. The standard InChI is InChI=1S/C18H16N2O5S/c1-3-7-20-13-6-5-12(17(22)24-4-2)10-15(13)26-18(20)19-16(21)14-11-23-8-9-25-14/h1,5-6,10-11H,4,7-9H2,2H3. The Hall–Kier alpha value is -3.05.